The van der Waals surface area contributed by atoms with Crippen LogP contribution in [0, 0.1) is 5.41 Å². The molecule has 0 aliphatic rings. The minimum absolute atomic E-state index is 0.00181. The highest BCUT2D eigenvalue weighted by Crippen LogP contribution is 2.18. The van der Waals surface area contributed by atoms with Crippen molar-refractivity contribution in [1.29, 1.82) is 5.41 Å². The molecular formula is C22H25N3O4. The van der Waals surface area contributed by atoms with Crippen molar-refractivity contribution < 1.29 is 19.1 Å². The number of carbonyl (C=O) groups excluding carboxylic acids is 2. The highest BCUT2D eigenvalue weighted by molar-refractivity contribution is 6.00. The lowest BCUT2D eigenvalue weighted by atomic mass is 10.1. The van der Waals surface area contributed by atoms with Crippen LogP contribution in [0.15, 0.2) is 66.0 Å². The molecule has 0 unspecified atom stereocenters. The highest BCUT2D eigenvalue weighted by atomic mass is 16.5. The molecule has 2 rings (SSSR count). The van der Waals surface area contributed by atoms with Gasteiger partial charge in [0.25, 0.3) is 5.91 Å². The van der Waals surface area contributed by atoms with Crippen molar-refractivity contribution in [2.24, 2.45) is 0 Å². The van der Waals surface area contributed by atoms with Gasteiger partial charge in [-0.05, 0) is 32.0 Å². The summed E-state index contributed by atoms with van der Waals surface area (Å²) in [5.74, 6) is -0.476. The van der Waals surface area contributed by atoms with Crippen LogP contribution in [0.4, 0.5) is 5.69 Å². The Morgan fingerprint density at radius 3 is 2.31 bits per heavy atom. The maximum Gasteiger partial charge on any atom is 0.310 e. The normalized spacial score (nSPS) is 11.1. The molecule has 0 radical (unpaired) electrons. The van der Waals surface area contributed by atoms with Gasteiger partial charge in [-0.2, -0.15) is 0 Å². The number of benzene rings is 2. The van der Waals surface area contributed by atoms with Crippen molar-refractivity contribution in [3.8, 4) is 5.75 Å². The number of ether oxygens (including phenoxy) is 2. The van der Waals surface area contributed by atoms with Gasteiger partial charge in [-0.25, -0.2) is 0 Å². The molecule has 0 aliphatic carbocycles. The summed E-state index contributed by atoms with van der Waals surface area (Å²) in [7, 11) is 1.52. The maximum absolute atomic E-state index is 12.2. The topological polar surface area (TPSA) is 101 Å². The number of anilines is 1. The first kappa shape index (κ1) is 21.7. The predicted molar refractivity (Wildman–Crippen MR) is 112 cm³/mol. The summed E-state index contributed by atoms with van der Waals surface area (Å²) in [4.78, 5) is 24.3. The predicted octanol–water partition coefficient (Wildman–Crippen LogP) is 3.28. The quantitative estimate of drug-likeness (QED) is 0.447. The molecule has 1 amide bonds. The van der Waals surface area contributed by atoms with Crippen molar-refractivity contribution in [2.45, 2.75) is 20.3 Å². The van der Waals surface area contributed by atoms with Crippen LogP contribution in [-0.4, -0.2) is 31.3 Å². The van der Waals surface area contributed by atoms with Crippen LogP contribution in [0.1, 0.15) is 19.4 Å². The molecule has 0 aromatic heterocycles. The lowest BCUT2D eigenvalue weighted by molar-refractivity contribution is -0.147. The van der Waals surface area contributed by atoms with Crippen molar-refractivity contribution >= 4 is 23.3 Å². The van der Waals surface area contributed by atoms with Crippen LogP contribution in [0.5, 0.6) is 5.75 Å². The minimum atomic E-state index is -0.541. The van der Waals surface area contributed by atoms with Gasteiger partial charge >= 0.3 is 5.97 Å². The fourth-order valence-electron chi connectivity index (χ4n) is 2.65. The summed E-state index contributed by atoms with van der Waals surface area (Å²) >= 11 is 0. The summed E-state index contributed by atoms with van der Waals surface area (Å²) < 4.78 is 10.3. The van der Waals surface area contributed by atoms with Crippen molar-refractivity contribution in [3.63, 3.8) is 0 Å². The monoisotopic (exact) mass is 395 g/mol. The third-order valence-corrected chi connectivity index (χ3v) is 4.01. The molecule has 0 bridgehead atoms. The molecule has 2 aromatic carbocycles. The Bertz CT molecular complexity index is 907. The van der Waals surface area contributed by atoms with Gasteiger partial charge in [0.2, 0.25) is 0 Å². The van der Waals surface area contributed by atoms with Crippen molar-refractivity contribution in [1.82, 2.24) is 5.32 Å². The minimum Gasteiger partial charge on any atom is -0.496 e. The molecule has 0 spiro atoms. The van der Waals surface area contributed by atoms with Crippen LogP contribution in [0.25, 0.3) is 0 Å². The standard InChI is InChI=1S/C22H25N3O4/c1-15(23)22(16(2)24-18-10-5-4-6-11-18)25-20(26)14-29-21(27)13-17-9-7-8-12-19(17)28-3/h4-12,23-24H,13-14H2,1-3H3,(H,25,26)/b22-16+,23-15?. The number of nitrogens with one attached hydrogen (secondary N) is 3. The molecule has 0 atom stereocenters. The van der Waals surface area contributed by atoms with Crippen LogP contribution in [-0.2, 0) is 20.7 Å². The van der Waals surface area contributed by atoms with Crippen molar-refractivity contribution in [2.75, 3.05) is 19.0 Å². The van der Waals surface area contributed by atoms with Gasteiger partial charge in [0, 0.05) is 16.9 Å². The summed E-state index contributed by atoms with van der Waals surface area (Å²) in [6.07, 6.45) is -0.00181. The Morgan fingerprint density at radius 2 is 1.66 bits per heavy atom. The molecule has 2 aromatic rings. The third kappa shape index (κ3) is 6.80. The molecule has 152 valence electrons. The number of methoxy groups -OCH3 is 1. The van der Waals surface area contributed by atoms with E-state index in [0.717, 1.165) is 5.69 Å². The molecule has 0 saturated heterocycles. The van der Waals surface area contributed by atoms with E-state index in [0.29, 0.717) is 22.7 Å². The number of para-hydroxylation sites is 2. The average molecular weight is 395 g/mol. The van der Waals surface area contributed by atoms with E-state index in [4.69, 9.17) is 14.9 Å². The molecule has 0 heterocycles. The number of carbonyl (C=O) groups is 2. The van der Waals surface area contributed by atoms with Gasteiger partial charge in [0.05, 0.1) is 24.9 Å². The Hall–Kier alpha value is -3.61. The second-order valence-corrected chi connectivity index (χ2v) is 6.31. The van der Waals surface area contributed by atoms with Gasteiger partial charge in [-0.1, -0.05) is 36.4 Å². The van der Waals surface area contributed by atoms with Crippen LogP contribution in [0.2, 0.25) is 0 Å². The number of amides is 1. The fourth-order valence-corrected chi connectivity index (χ4v) is 2.65. The third-order valence-electron chi connectivity index (χ3n) is 4.01. The molecule has 3 N–H and O–H groups in total. The van der Waals surface area contributed by atoms with Crippen LogP contribution >= 0.6 is 0 Å². The first-order chi connectivity index (χ1) is 13.9. The van der Waals surface area contributed by atoms with Crippen LogP contribution in [0.3, 0.4) is 0 Å². The summed E-state index contributed by atoms with van der Waals surface area (Å²) in [5.41, 5.74) is 2.64. The summed E-state index contributed by atoms with van der Waals surface area (Å²) in [5, 5.41) is 13.7. The van der Waals surface area contributed by atoms with Gasteiger partial charge in [0.15, 0.2) is 6.61 Å². The van der Waals surface area contributed by atoms with Crippen LogP contribution < -0.4 is 15.4 Å². The number of rotatable bonds is 9. The molecular weight excluding hydrogens is 370 g/mol. The van der Waals surface area contributed by atoms with E-state index in [9.17, 15) is 9.59 Å². The van der Waals surface area contributed by atoms with E-state index in [2.05, 4.69) is 10.6 Å². The lowest BCUT2D eigenvalue weighted by Crippen LogP contribution is -2.32. The second kappa shape index (κ2) is 10.7. The Balaban J connectivity index is 1.94. The van der Waals surface area contributed by atoms with Gasteiger partial charge in [-0.3, -0.25) is 9.59 Å². The zero-order valence-electron chi connectivity index (χ0n) is 16.7. The Morgan fingerprint density at radius 1 is 1.00 bits per heavy atom. The first-order valence-electron chi connectivity index (χ1n) is 9.06. The summed E-state index contributed by atoms with van der Waals surface area (Å²) in [6, 6.07) is 16.5. The molecule has 7 nitrogen and oxygen atoms in total. The zero-order valence-corrected chi connectivity index (χ0v) is 16.7. The van der Waals surface area contributed by atoms with E-state index < -0.39 is 18.5 Å². The van der Waals surface area contributed by atoms with E-state index in [-0.39, 0.29) is 12.1 Å². The van der Waals surface area contributed by atoms with Gasteiger partial charge in [0.1, 0.15) is 5.75 Å². The smallest absolute Gasteiger partial charge is 0.310 e. The summed E-state index contributed by atoms with van der Waals surface area (Å²) in [6.45, 7) is 2.89. The number of allylic oxidation sites excluding steroid dienone is 2. The number of esters is 1. The van der Waals surface area contributed by atoms with Gasteiger partial charge in [-0.15, -0.1) is 0 Å². The van der Waals surface area contributed by atoms with Crippen molar-refractivity contribution in [3.05, 3.63) is 71.6 Å². The molecule has 0 fully saturated rings. The lowest BCUT2D eigenvalue weighted by Gasteiger charge is -2.15. The van der Waals surface area contributed by atoms with E-state index >= 15 is 0 Å². The fraction of sp³-hybridized carbons (Fsp3) is 0.227. The van der Waals surface area contributed by atoms with E-state index in [1.807, 2.05) is 30.3 Å². The average Bonchev–Trinajstić information content (AvgIpc) is 2.71. The van der Waals surface area contributed by atoms with Gasteiger partial charge < -0.3 is 25.5 Å². The first-order valence-corrected chi connectivity index (χ1v) is 9.06. The Kier molecular flexibility index (Phi) is 7.97. The number of hydrogen-bond donors (Lipinski definition) is 3. The zero-order chi connectivity index (χ0) is 21.2. The molecule has 7 heteroatoms. The molecule has 0 aliphatic heterocycles. The SMILES string of the molecule is COc1ccccc1CC(=O)OCC(=O)N/C(C(C)=N)=C(\C)Nc1ccccc1. The largest absolute Gasteiger partial charge is 0.496 e. The number of hydrogen-bond acceptors (Lipinski definition) is 6. The Labute approximate surface area is 170 Å². The molecule has 29 heavy (non-hydrogen) atoms. The maximum atomic E-state index is 12.2. The second-order valence-electron chi connectivity index (χ2n) is 6.31. The van der Waals surface area contributed by atoms with E-state index in [1.54, 1.807) is 38.1 Å². The van der Waals surface area contributed by atoms with E-state index in [1.165, 1.54) is 7.11 Å². The molecule has 0 saturated carbocycles. The highest BCUT2D eigenvalue weighted by Gasteiger charge is 2.14.